The highest BCUT2D eigenvalue weighted by Gasteiger charge is 2.36. The Balaban J connectivity index is 2.09. The molecule has 1 saturated carbocycles. The van der Waals surface area contributed by atoms with E-state index in [2.05, 4.69) is 15.9 Å². The van der Waals surface area contributed by atoms with Crippen LogP contribution in [0.4, 0.5) is 4.39 Å². The first-order valence-electron chi connectivity index (χ1n) is 4.94. The summed E-state index contributed by atoms with van der Waals surface area (Å²) in [6, 6.07) is 0. The molecule has 0 aromatic heterocycles. The van der Waals surface area contributed by atoms with E-state index in [0.29, 0.717) is 5.57 Å². The monoisotopic (exact) mass is 258 g/mol. The number of carbonyl (C=O) groups excluding carboxylic acids is 1. The second kappa shape index (κ2) is 3.97. The summed E-state index contributed by atoms with van der Waals surface area (Å²) in [5, 5.41) is 0. The second-order valence-electron chi connectivity index (χ2n) is 3.83. The highest BCUT2D eigenvalue weighted by molar-refractivity contribution is 9.10. The minimum absolute atomic E-state index is 0.140. The third-order valence-electron chi connectivity index (χ3n) is 2.63. The first-order valence-corrected chi connectivity index (χ1v) is 5.85. The van der Waals surface area contributed by atoms with Gasteiger partial charge in [0.2, 0.25) is 0 Å². The van der Waals surface area contributed by atoms with Gasteiger partial charge in [-0.25, -0.2) is 4.39 Å². The van der Waals surface area contributed by atoms with E-state index in [1.54, 1.807) is 6.08 Å². The maximum Gasteiger partial charge on any atom is 0.154 e. The Morgan fingerprint density at radius 2 is 2.07 bits per heavy atom. The molecule has 2 aliphatic rings. The number of carbonyl (C=O) groups is 1. The molecule has 14 heavy (non-hydrogen) atoms. The molecule has 0 saturated heterocycles. The van der Waals surface area contributed by atoms with Crippen molar-refractivity contribution < 1.29 is 9.18 Å². The summed E-state index contributed by atoms with van der Waals surface area (Å²) < 4.78 is 13.4. The van der Waals surface area contributed by atoms with Crippen molar-refractivity contribution in [2.24, 2.45) is 5.92 Å². The lowest BCUT2D eigenvalue weighted by atomic mass is 9.99. The summed E-state index contributed by atoms with van der Waals surface area (Å²) >= 11 is 3.29. The van der Waals surface area contributed by atoms with Crippen LogP contribution in [0.15, 0.2) is 23.6 Å². The molecule has 0 radical (unpaired) electrons. The fourth-order valence-electron chi connectivity index (χ4n) is 1.62. The average Bonchev–Trinajstić information content (AvgIpc) is 3.00. The van der Waals surface area contributed by atoms with E-state index in [1.165, 1.54) is 0 Å². The topological polar surface area (TPSA) is 17.1 Å². The maximum absolute atomic E-state index is 13.4. The van der Waals surface area contributed by atoms with Crippen molar-refractivity contribution >= 4 is 21.7 Å². The first kappa shape index (κ1) is 10.1. The smallest absolute Gasteiger partial charge is 0.154 e. The van der Waals surface area contributed by atoms with Gasteiger partial charge >= 0.3 is 0 Å². The zero-order valence-corrected chi connectivity index (χ0v) is 9.39. The number of Topliss-reactive ketones (excluding diaryl/α,β-unsaturated/α-hetero) is 1. The van der Waals surface area contributed by atoms with Gasteiger partial charge in [0.05, 0.1) is 0 Å². The zero-order valence-electron chi connectivity index (χ0n) is 7.80. The number of ketones is 1. The van der Waals surface area contributed by atoms with Gasteiger partial charge in [-0.2, -0.15) is 0 Å². The van der Waals surface area contributed by atoms with E-state index in [-0.39, 0.29) is 17.5 Å². The SMILES string of the molecule is O=C(C1CC1)C(Br)C1=CCCC=C1F. The van der Waals surface area contributed by atoms with Crippen LogP contribution in [-0.4, -0.2) is 10.6 Å². The number of hydrogen-bond donors (Lipinski definition) is 0. The van der Waals surface area contributed by atoms with Gasteiger partial charge in [0.25, 0.3) is 0 Å². The predicted molar refractivity (Wildman–Crippen MR) is 57.0 cm³/mol. The van der Waals surface area contributed by atoms with Crippen LogP contribution in [0, 0.1) is 5.92 Å². The van der Waals surface area contributed by atoms with E-state index in [0.717, 1.165) is 25.7 Å². The second-order valence-corrected chi connectivity index (χ2v) is 4.74. The lowest BCUT2D eigenvalue weighted by Crippen LogP contribution is -2.19. The lowest BCUT2D eigenvalue weighted by molar-refractivity contribution is -0.119. The Morgan fingerprint density at radius 1 is 1.43 bits per heavy atom. The van der Waals surface area contributed by atoms with E-state index in [4.69, 9.17) is 0 Å². The van der Waals surface area contributed by atoms with Gasteiger partial charge in [0, 0.05) is 11.5 Å². The van der Waals surface area contributed by atoms with Gasteiger partial charge in [-0.05, 0) is 31.8 Å². The Kier molecular flexibility index (Phi) is 2.86. The Morgan fingerprint density at radius 3 is 2.64 bits per heavy atom. The third-order valence-corrected chi connectivity index (χ3v) is 3.58. The molecule has 0 amide bonds. The van der Waals surface area contributed by atoms with E-state index in [9.17, 15) is 9.18 Å². The summed E-state index contributed by atoms with van der Waals surface area (Å²) in [6.07, 6.45) is 6.91. The van der Waals surface area contributed by atoms with Crippen molar-refractivity contribution in [2.75, 3.05) is 0 Å². The Labute approximate surface area is 91.2 Å². The van der Waals surface area contributed by atoms with Gasteiger partial charge in [-0.1, -0.05) is 22.0 Å². The Hall–Kier alpha value is -0.440. The number of rotatable bonds is 3. The minimum Gasteiger partial charge on any atom is -0.298 e. The molecule has 0 bridgehead atoms. The molecule has 2 aliphatic carbocycles. The molecule has 3 heteroatoms. The van der Waals surface area contributed by atoms with Crippen LogP contribution in [0.5, 0.6) is 0 Å². The van der Waals surface area contributed by atoms with Crippen LogP contribution in [0.2, 0.25) is 0 Å². The molecule has 0 aromatic rings. The fraction of sp³-hybridized carbons (Fsp3) is 0.545. The maximum atomic E-state index is 13.4. The molecular formula is C11H12BrFO. The molecule has 0 aliphatic heterocycles. The van der Waals surface area contributed by atoms with Crippen molar-refractivity contribution in [3.8, 4) is 0 Å². The van der Waals surface area contributed by atoms with Crippen LogP contribution in [0.3, 0.4) is 0 Å². The molecule has 76 valence electrons. The molecule has 0 spiro atoms. The average molecular weight is 259 g/mol. The lowest BCUT2D eigenvalue weighted by Gasteiger charge is -2.14. The summed E-state index contributed by atoms with van der Waals surface area (Å²) in [7, 11) is 0. The summed E-state index contributed by atoms with van der Waals surface area (Å²) in [5.74, 6) is 0.0869. The third kappa shape index (κ3) is 1.97. The quantitative estimate of drug-likeness (QED) is 0.710. The van der Waals surface area contributed by atoms with Crippen LogP contribution < -0.4 is 0 Å². The van der Waals surface area contributed by atoms with Crippen molar-refractivity contribution in [2.45, 2.75) is 30.5 Å². The molecule has 1 nitrogen and oxygen atoms in total. The minimum atomic E-state index is -0.424. The van der Waals surface area contributed by atoms with Crippen molar-refractivity contribution in [3.05, 3.63) is 23.6 Å². The predicted octanol–water partition coefficient (Wildman–Crippen LogP) is 3.30. The zero-order chi connectivity index (χ0) is 10.1. The first-order chi connectivity index (χ1) is 6.70. The molecule has 0 aromatic carbocycles. The highest BCUT2D eigenvalue weighted by atomic mass is 79.9. The molecule has 0 N–H and O–H groups in total. The van der Waals surface area contributed by atoms with Gasteiger partial charge in [-0.3, -0.25) is 4.79 Å². The van der Waals surface area contributed by atoms with Crippen LogP contribution in [-0.2, 0) is 4.79 Å². The number of halogens is 2. The van der Waals surface area contributed by atoms with Crippen LogP contribution in [0.1, 0.15) is 25.7 Å². The number of allylic oxidation sites excluding steroid dienone is 4. The molecular weight excluding hydrogens is 247 g/mol. The summed E-state index contributed by atoms with van der Waals surface area (Å²) in [4.78, 5) is 11.2. The van der Waals surface area contributed by atoms with E-state index >= 15 is 0 Å². The van der Waals surface area contributed by atoms with Gasteiger partial charge in [0.15, 0.2) is 5.78 Å². The number of hydrogen-bond acceptors (Lipinski definition) is 1. The number of alkyl halides is 1. The summed E-state index contributed by atoms with van der Waals surface area (Å²) in [5.41, 5.74) is 0.535. The van der Waals surface area contributed by atoms with Gasteiger partial charge in [0.1, 0.15) is 10.7 Å². The molecule has 1 unspecified atom stereocenters. The Bertz CT molecular complexity index is 315. The van der Waals surface area contributed by atoms with Gasteiger partial charge < -0.3 is 0 Å². The van der Waals surface area contributed by atoms with Gasteiger partial charge in [-0.15, -0.1) is 0 Å². The van der Waals surface area contributed by atoms with E-state index < -0.39 is 4.83 Å². The van der Waals surface area contributed by atoms with E-state index in [1.807, 2.05) is 6.08 Å². The molecule has 2 rings (SSSR count). The van der Waals surface area contributed by atoms with Crippen molar-refractivity contribution in [1.29, 1.82) is 0 Å². The fourth-order valence-corrected chi connectivity index (χ4v) is 2.40. The molecule has 1 atom stereocenters. The van der Waals surface area contributed by atoms with Crippen molar-refractivity contribution in [3.63, 3.8) is 0 Å². The summed E-state index contributed by atoms with van der Waals surface area (Å²) in [6.45, 7) is 0. The highest BCUT2D eigenvalue weighted by Crippen LogP contribution is 2.36. The van der Waals surface area contributed by atoms with Crippen molar-refractivity contribution in [1.82, 2.24) is 0 Å². The normalized spacial score (nSPS) is 23.9. The largest absolute Gasteiger partial charge is 0.298 e. The standard InChI is InChI=1S/C11H12BrFO/c12-10(11(14)7-5-6-7)8-3-1-2-4-9(8)13/h3-4,7,10H,1-2,5-6H2. The molecule has 0 heterocycles. The van der Waals surface area contributed by atoms with Crippen LogP contribution >= 0.6 is 15.9 Å². The van der Waals surface area contributed by atoms with Crippen LogP contribution in [0.25, 0.3) is 0 Å². The molecule has 1 fully saturated rings.